The van der Waals surface area contributed by atoms with Crippen molar-refractivity contribution >= 4 is 36.7 Å². The van der Waals surface area contributed by atoms with Crippen molar-refractivity contribution in [3.8, 4) is 0 Å². The molecule has 46 heavy (non-hydrogen) atoms. The highest BCUT2D eigenvalue weighted by Crippen LogP contribution is 2.31. The molecular weight excluding hydrogens is 596 g/mol. The summed E-state index contributed by atoms with van der Waals surface area (Å²) in [5, 5.41) is 0. The molecule has 1 aliphatic rings. The third-order valence-electron chi connectivity index (χ3n) is 6.86. The third-order valence-corrected chi connectivity index (χ3v) is 6.86. The molecule has 12 heteroatoms. The molecule has 2 amide bonds. The average molecular weight is 623 g/mol. The molecule has 0 radical (unpaired) electrons. The molecule has 4 aromatic rings. The quantitative estimate of drug-likeness (QED) is 0.146. The van der Waals surface area contributed by atoms with Gasteiger partial charge in [0.2, 0.25) is 37.7 Å². The van der Waals surface area contributed by atoms with Crippen LogP contribution in [0.5, 0.6) is 0 Å². The van der Waals surface area contributed by atoms with Gasteiger partial charge in [-0.1, -0.05) is 72.8 Å². The fourth-order valence-corrected chi connectivity index (χ4v) is 4.60. The number of amides is 2. The van der Waals surface area contributed by atoms with E-state index in [9.17, 15) is 28.8 Å². The van der Waals surface area contributed by atoms with E-state index >= 15 is 0 Å². The lowest BCUT2D eigenvalue weighted by Gasteiger charge is -2.49. The van der Waals surface area contributed by atoms with Crippen molar-refractivity contribution in [2.24, 2.45) is 0 Å². The van der Waals surface area contributed by atoms with Crippen molar-refractivity contribution in [1.82, 2.24) is 9.80 Å². The van der Waals surface area contributed by atoms with Gasteiger partial charge in [-0.05, 0) is 48.5 Å². The summed E-state index contributed by atoms with van der Waals surface area (Å²) in [6.07, 6.45) is -7.15. The Bertz CT molecular complexity index is 1440. The minimum atomic E-state index is -1.87. The number of carbonyl (C=O) groups excluding carboxylic acids is 6. The predicted molar refractivity (Wildman–Crippen MR) is 158 cm³/mol. The Kier molecular flexibility index (Phi) is 9.78. The Labute approximate surface area is 262 Å². The Morgan fingerprint density at radius 3 is 0.761 bits per heavy atom. The van der Waals surface area contributed by atoms with Crippen LogP contribution in [0.15, 0.2) is 121 Å². The molecule has 4 aromatic carbocycles. The maximum absolute atomic E-state index is 13.3. The Morgan fingerprint density at radius 1 is 0.391 bits per heavy atom. The van der Waals surface area contributed by atoms with E-state index in [0.29, 0.717) is 9.80 Å². The highest BCUT2D eigenvalue weighted by Gasteiger charge is 2.55. The molecule has 1 aliphatic heterocycles. The van der Waals surface area contributed by atoms with Crippen molar-refractivity contribution in [3.05, 3.63) is 144 Å². The minimum Gasteiger partial charge on any atom is -0.431 e. The van der Waals surface area contributed by atoms with E-state index in [2.05, 4.69) is 0 Å². The largest absolute Gasteiger partial charge is 0.431 e. The monoisotopic (exact) mass is 622 g/mol. The van der Waals surface area contributed by atoms with Gasteiger partial charge in [-0.25, -0.2) is 19.2 Å². The molecular formula is C34H26N2O10. The van der Waals surface area contributed by atoms with Crippen LogP contribution in [-0.4, -0.2) is 71.4 Å². The number of esters is 4. The van der Waals surface area contributed by atoms with Gasteiger partial charge >= 0.3 is 23.9 Å². The number of hydrogen-bond donors (Lipinski definition) is 0. The SMILES string of the molecule is O=CN1[C@H](OC(=O)c2ccccc2)[C@H](OC(=O)c2ccccc2)N(C=O)[C@H](OC(=O)c2ccccc2)[C@@H]1OC(=O)c1ccccc1. The van der Waals surface area contributed by atoms with Crippen LogP contribution >= 0.6 is 0 Å². The zero-order valence-corrected chi connectivity index (χ0v) is 24.0. The molecule has 0 aromatic heterocycles. The lowest BCUT2D eigenvalue weighted by Crippen LogP contribution is -2.71. The van der Waals surface area contributed by atoms with E-state index in [0.717, 1.165) is 0 Å². The number of benzene rings is 4. The predicted octanol–water partition coefficient (Wildman–Crippen LogP) is 3.65. The molecule has 0 N–H and O–H groups in total. The summed E-state index contributed by atoms with van der Waals surface area (Å²) in [6.45, 7) is 0. The topological polar surface area (TPSA) is 146 Å². The van der Waals surface area contributed by atoms with E-state index in [4.69, 9.17) is 18.9 Å². The Balaban J connectivity index is 1.59. The molecule has 0 aliphatic carbocycles. The first-order chi connectivity index (χ1) is 22.4. The van der Waals surface area contributed by atoms with Gasteiger partial charge < -0.3 is 18.9 Å². The highest BCUT2D eigenvalue weighted by molar-refractivity contribution is 5.92. The molecule has 4 atom stereocenters. The maximum atomic E-state index is 13.3. The summed E-state index contributed by atoms with van der Waals surface area (Å²) in [6, 6.07) is 30.8. The first-order valence-corrected chi connectivity index (χ1v) is 13.9. The van der Waals surface area contributed by atoms with Gasteiger partial charge in [-0.2, -0.15) is 0 Å². The average Bonchev–Trinajstić information content (AvgIpc) is 3.11. The maximum Gasteiger partial charge on any atom is 0.340 e. The van der Waals surface area contributed by atoms with E-state index in [1.54, 1.807) is 72.8 Å². The minimum absolute atomic E-state index is 0.0644. The van der Waals surface area contributed by atoms with Crippen LogP contribution in [0.1, 0.15) is 41.4 Å². The molecule has 0 spiro atoms. The molecule has 1 heterocycles. The van der Waals surface area contributed by atoms with Gasteiger partial charge in [-0.3, -0.25) is 19.4 Å². The second-order valence-corrected chi connectivity index (χ2v) is 9.75. The van der Waals surface area contributed by atoms with Crippen LogP contribution < -0.4 is 0 Å². The van der Waals surface area contributed by atoms with Crippen molar-refractivity contribution in [3.63, 3.8) is 0 Å². The molecule has 5 rings (SSSR count). The smallest absolute Gasteiger partial charge is 0.340 e. The number of piperazine rings is 1. The zero-order valence-electron chi connectivity index (χ0n) is 24.0. The van der Waals surface area contributed by atoms with Gasteiger partial charge in [0.05, 0.1) is 22.3 Å². The first kappa shape index (κ1) is 31.1. The zero-order chi connectivity index (χ0) is 32.5. The number of carbonyl (C=O) groups is 6. The molecule has 232 valence electrons. The lowest BCUT2D eigenvalue weighted by molar-refractivity contribution is -0.271. The van der Waals surface area contributed by atoms with Crippen LogP contribution in [0.25, 0.3) is 0 Å². The van der Waals surface area contributed by atoms with Gasteiger partial charge in [0.15, 0.2) is 0 Å². The molecule has 0 saturated carbocycles. The second kappa shape index (κ2) is 14.4. The number of ether oxygens (including phenoxy) is 4. The highest BCUT2D eigenvalue weighted by atomic mass is 16.6. The van der Waals surface area contributed by atoms with Gasteiger partial charge in [0.1, 0.15) is 0 Å². The van der Waals surface area contributed by atoms with Crippen LogP contribution in [0.2, 0.25) is 0 Å². The van der Waals surface area contributed by atoms with Crippen molar-refractivity contribution in [2.75, 3.05) is 0 Å². The van der Waals surface area contributed by atoms with Crippen LogP contribution in [0.4, 0.5) is 0 Å². The van der Waals surface area contributed by atoms with Crippen LogP contribution in [0.3, 0.4) is 0 Å². The van der Waals surface area contributed by atoms with Crippen LogP contribution in [-0.2, 0) is 28.5 Å². The molecule has 0 unspecified atom stereocenters. The van der Waals surface area contributed by atoms with E-state index in [1.165, 1.54) is 48.5 Å². The molecule has 12 nitrogen and oxygen atoms in total. The molecule has 1 fully saturated rings. The lowest BCUT2D eigenvalue weighted by atomic mass is 10.2. The fourth-order valence-electron chi connectivity index (χ4n) is 4.60. The number of rotatable bonds is 10. The van der Waals surface area contributed by atoms with Gasteiger partial charge in [0.25, 0.3) is 0 Å². The standard InChI is InChI=1S/C34H26N2O10/c37-21-35-27(43-31(39)23-13-5-1-6-14-23)28(44-32(40)24-15-7-2-8-16-24)36(22-38)30(46-34(42)26-19-11-4-12-20-26)29(35)45-33(41)25-17-9-3-10-18-25/h1-22,27-30H/t27-,28+,29+,30-. The van der Waals surface area contributed by atoms with Gasteiger partial charge in [-0.15, -0.1) is 0 Å². The van der Waals surface area contributed by atoms with E-state index in [1.807, 2.05) is 0 Å². The second-order valence-electron chi connectivity index (χ2n) is 9.75. The van der Waals surface area contributed by atoms with Gasteiger partial charge in [0, 0.05) is 0 Å². The summed E-state index contributed by atoms with van der Waals surface area (Å²) in [5.41, 5.74) is 0.258. The molecule has 0 bridgehead atoms. The van der Waals surface area contributed by atoms with Crippen LogP contribution in [0, 0.1) is 0 Å². The summed E-state index contributed by atoms with van der Waals surface area (Å²) >= 11 is 0. The first-order valence-electron chi connectivity index (χ1n) is 13.9. The summed E-state index contributed by atoms with van der Waals surface area (Å²) in [5.74, 6) is -3.84. The number of nitrogens with zero attached hydrogens (tertiary/aromatic N) is 2. The van der Waals surface area contributed by atoms with Crippen molar-refractivity contribution in [2.45, 2.75) is 24.9 Å². The Morgan fingerprint density at radius 2 is 0.587 bits per heavy atom. The summed E-state index contributed by atoms with van der Waals surface area (Å²) in [7, 11) is 0. The Hall–Kier alpha value is -6.30. The van der Waals surface area contributed by atoms with Crippen molar-refractivity contribution < 1.29 is 47.7 Å². The van der Waals surface area contributed by atoms with E-state index in [-0.39, 0.29) is 35.1 Å². The summed E-state index contributed by atoms with van der Waals surface area (Å²) < 4.78 is 22.7. The normalized spacial score (nSPS) is 18.9. The number of hydrogen-bond acceptors (Lipinski definition) is 10. The summed E-state index contributed by atoms with van der Waals surface area (Å²) in [4.78, 5) is 80.0. The molecule has 1 saturated heterocycles. The third kappa shape index (κ3) is 6.91. The van der Waals surface area contributed by atoms with Crippen molar-refractivity contribution in [1.29, 1.82) is 0 Å². The van der Waals surface area contributed by atoms with E-state index < -0.39 is 48.8 Å². The fraction of sp³-hybridized carbons (Fsp3) is 0.118.